The summed E-state index contributed by atoms with van der Waals surface area (Å²) in [7, 11) is 8.08. The second kappa shape index (κ2) is 11.9. The topological polar surface area (TPSA) is 55.3 Å². The van der Waals surface area contributed by atoms with E-state index in [9.17, 15) is 13.2 Å². The fourth-order valence-corrected chi connectivity index (χ4v) is 2.95. The summed E-state index contributed by atoms with van der Waals surface area (Å²) >= 11 is 0. The Balaban J connectivity index is 0.00000480. The molecule has 0 bridgehead atoms. The summed E-state index contributed by atoms with van der Waals surface area (Å²) in [5.74, 6) is 2.18. The molecule has 2 aromatic rings. The summed E-state index contributed by atoms with van der Waals surface area (Å²) in [6, 6.07) is 8.75. The molecule has 0 aliphatic heterocycles. The van der Waals surface area contributed by atoms with Crippen molar-refractivity contribution in [2.75, 3.05) is 35.4 Å². The van der Waals surface area contributed by atoms with E-state index in [0.717, 1.165) is 23.3 Å². The van der Waals surface area contributed by atoms with Crippen LogP contribution in [-0.2, 0) is 19.3 Å². The molecule has 0 aliphatic rings. The minimum Gasteiger partial charge on any atom is -0.493 e. The van der Waals surface area contributed by atoms with Crippen LogP contribution >= 0.6 is 24.0 Å². The Morgan fingerprint density at radius 3 is 1.94 bits per heavy atom. The molecule has 172 valence electrons. The average molecular weight is 553 g/mol. The number of hydrogen-bond donors (Lipinski definition) is 1. The van der Waals surface area contributed by atoms with E-state index in [4.69, 9.17) is 14.2 Å². The van der Waals surface area contributed by atoms with Gasteiger partial charge in [-0.25, -0.2) is 0 Å². The van der Waals surface area contributed by atoms with Crippen LogP contribution in [0.2, 0.25) is 0 Å². The summed E-state index contributed by atoms with van der Waals surface area (Å²) in [6.45, 7) is 0.827. The van der Waals surface area contributed by atoms with Gasteiger partial charge in [-0.05, 0) is 35.4 Å². The minimum atomic E-state index is -4.34. The molecule has 0 radical (unpaired) electrons. The highest BCUT2D eigenvalue weighted by Gasteiger charge is 2.29. The molecule has 0 spiro atoms. The highest BCUT2D eigenvalue weighted by molar-refractivity contribution is 14.0. The van der Waals surface area contributed by atoms with Crippen LogP contribution in [0.3, 0.4) is 0 Å². The van der Waals surface area contributed by atoms with Crippen molar-refractivity contribution in [3.05, 3.63) is 53.1 Å². The van der Waals surface area contributed by atoms with Gasteiger partial charge in [0.25, 0.3) is 0 Å². The number of halogens is 4. The molecule has 2 rings (SSSR count). The second-order valence-electron chi connectivity index (χ2n) is 6.49. The lowest BCUT2D eigenvalue weighted by Gasteiger charge is -2.23. The molecule has 0 saturated carbocycles. The van der Waals surface area contributed by atoms with Gasteiger partial charge >= 0.3 is 6.18 Å². The van der Waals surface area contributed by atoms with Gasteiger partial charge in [0.05, 0.1) is 26.9 Å². The van der Waals surface area contributed by atoms with Gasteiger partial charge in [-0.3, -0.25) is 4.99 Å². The van der Waals surface area contributed by atoms with Gasteiger partial charge in [0, 0.05) is 27.2 Å². The molecule has 0 saturated heterocycles. The van der Waals surface area contributed by atoms with Crippen molar-refractivity contribution in [1.82, 2.24) is 10.2 Å². The Bertz CT molecular complexity index is 849. The third kappa shape index (κ3) is 7.08. The molecule has 31 heavy (non-hydrogen) atoms. The lowest BCUT2D eigenvalue weighted by atomic mass is 10.1. The SMILES string of the molecule is CN=C(NCc1cc(OC)c(OC)c(OC)c1)N(C)Cc1ccc(C(F)(F)F)cc1.I. The van der Waals surface area contributed by atoms with Crippen LogP contribution in [0.15, 0.2) is 41.4 Å². The molecule has 2 aromatic carbocycles. The summed E-state index contributed by atoms with van der Waals surface area (Å²) in [6.07, 6.45) is -4.34. The van der Waals surface area contributed by atoms with Crippen molar-refractivity contribution >= 4 is 29.9 Å². The van der Waals surface area contributed by atoms with Crippen LogP contribution in [0.4, 0.5) is 13.2 Å². The number of guanidine groups is 1. The zero-order valence-corrected chi connectivity index (χ0v) is 20.4. The third-order valence-electron chi connectivity index (χ3n) is 4.45. The normalized spacial score (nSPS) is 11.4. The van der Waals surface area contributed by atoms with Crippen molar-refractivity contribution in [3.8, 4) is 17.2 Å². The summed E-state index contributed by atoms with van der Waals surface area (Å²) in [4.78, 5) is 6.06. The fourth-order valence-electron chi connectivity index (χ4n) is 2.95. The molecule has 0 atom stereocenters. The summed E-state index contributed by atoms with van der Waals surface area (Å²) < 4.78 is 54.2. The molecular formula is C21H27F3IN3O3. The maximum Gasteiger partial charge on any atom is 0.416 e. The molecule has 0 fully saturated rings. The standard InChI is InChI=1S/C21H26F3N3O3.HI/c1-25-20(27(2)13-14-6-8-16(9-7-14)21(22,23)24)26-12-15-10-17(28-3)19(30-5)18(11-15)29-4;/h6-11H,12-13H2,1-5H3,(H,25,26);1H. The smallest absolute Gasteiger partial charge is 0.416 e. The molecule has 1 N–H and O–H groups in total. The highest BCUT2D eigenvalue weighted by atomic mass is 127. The number of ether oxygens (including phenoxy) is 3. The first-order valence-electron chi connectivity index (χ1n) is 9.10. The van der Waals surface area contributed by atoms with E-state index in [2.05, 4.69) is 10.3 Å². The maximum atomic E-state index is 12.7. The first kappa shape index (κ1) is 26.7. The van der Waals surface area contributed by atoms with Gasteiger partial charge in [0.1, 0.15) is 0 Å². The van der Waals surface area contributed by atoms with E-state index in [1.54, 1.807) is 21.3 Å². The predicted octanol–water partition coefficient (Wildman–Crippen LogP) is 4.56. The van der Waals surface area contributed by atoms with Crippen LogP contribution in [0.25, 0.3) is 0 Å². The molecule has 0 heterocycles. The molecule has 6 nitrogen and oxygen atoms in total. The van der Waals surface area contributed by atoms with E-state index in [1.807, 2.05) is 24.1 Å². The molecule has 0 aliphatic carbocycles. The Morgan fingerprint density at radius 1 is 0.968 bits per heavy atom. The minimum absolute atomic E-state index is 0. The number of methoxy groups -OCH3 is 3. The maximum absolute atomic E-state index is 12.7. The van der Waals surface area contributed by atoms with Crippen LogP contribution < -0.4 is 19.5 Å². The largest absolute Gasteiger partial charge is 0.493 e. The average Bonchev–Trinajstić information content (AvgIpc) is 2.73. The number of hydrogen-bond acceptors (Lipinski definition) is 4. The number of benzene rings is 2. The number of nitrogens with zero attached hydrogens (tertiary/aromatic N) is 2. The number of rotatable bonds is 7. The van der Waals surface area contributed by atoms with E-state index in [0.29, 0.717) is 36.3 Å². The van der Waals surface area contributed by atoms with Gasteiger partial charge in [0.15, 0.2) is 17.5 Å². The first-order valence-corrected chi connectivity index (χ1v) is 9.10. The zero-order chi connectivity index (χ0) is 22.3. The monoisotopic (exact) mass is 553 g/mol. The van der Waals surface area contributed by atoms with Gasteiger partial charge < -0.3 is 24.4 Å². The van der Waals surface area contributed by atoms with E-state index in [1.165, 1.54) is 19.2 Å². The Kier molecular flexibility index (Phi) is 10.2. The zero-order valence-electron chi connectivity index (χ0n) is 18.0. The van der Waals surface area contributed by atoms with Crippen molar-refractivity contribution in [3.63, 3.8) is 0 Å². The quantitative estimate of drug-likeness (QED) is 0.310. The van der Waals surface area contributed by atoms with Crippen LogP contribution in [-0.4, -0.2) is 46.3 Å². The van der Waals surface area contributed by atoms with Gasteiger partial charge in [-0.15, -0.1) is 24.0 Å². The van der Waals surface area contributed by atoms with E-state index >= 15 is 0 Å². The van der Waals surface area contributed by atoms with Crippen LogP contribution in [0.1, 0.15) is 16.7 Å². The second-order valence-corrected chi connectivity index (χ2v) is 6.49. The Morgan fingerprint density at radius 2 is 1.52 bits per heavy atom. The van der Waals surface area contributed by atoms with E-state index in [-0.39, 0.29) is 24.0 Å². The van der Waals surface area contributed by atoms with Crippen molar-refractivity contribution in [2.45, 2.75) is 19.3 Å². The predicted molar refractivity (Wildman–Crippen MR) is 125 cm³/mol. The molecule has 0 unspecified atom stereocenters. The lowest BCUT2D eigenvalue weighted by Crippen LogP contribution is -2.38. The van der Waals surface area contributed by atoms with Crippen LogP contribution in [0, 0.1) is 0 Å². The van der Waals surface area contributed by atoms with Crippen molar-refractivity contribution in [1.29, 1.82) is 0 Å². The third-order valence-corrected chi connectivity index (χ3v) is 4.45. The van der Waals surface area contributed by atoms with Crippen LogP contribution in [0.5, 0.6) is 17.2 Å². The molecular weight excluding hydrogens is 526 g/mol. The van der Waals surface area contributed by atoms with Crippen molar-refractivity contribution in [2.24, 2.45) is 4.99 Å². The highest BCUT2D eigenvalue weighted by Crippen LogP contribution is 2.38. The molecule has 0 amide bonds. The molecule has 10 heteroatoms. The van der Waals surface area contributed by atoms with Crippen molar-refractivity contribution < 1.29 is 27.4 Å². The lowest BCUT2D eigenvalue weighted by molar-refractivity contribution is -0.137. The number of nitrogens with one attached hydrogen (secondary N) is 1. The Hall–Kier alpha value is -2.37. The Labute approximate surface area is 197 Å². The first-order chi connectivity index (χ1) is 14.2. The molecule has 0 aromatic heterocycles. The van der Waals surface area contributed by atoms with Gasteiger partial charge in [-0.2, -0.15) is 13.2 Å². The van der Waals surface area contributed by atoms with Gasteiger partial charge in [0.2, 0.25) is 5.75 Å². The fraction of sp³-hybridized carbons (Fsp3) is 0.381. The number of alkyl halides is 3. The van der Waals surface area contributed by atoms with Gasteiger partial charge in [-0.1, -0.05) is 12.1 Å². The summed E-state index contributed by atoms with van der Waals surface area (Å²) in [5, 5.41) is 3.23. The number of aliphatic imine (C=N–C) groups is 1. The van der Waals surface area contributed by atoms with E-state index < -0.39 is 11.7 Å². The summed E-state index contributed by atoms with van der Waals surface area (Å²) in [5.41, 5.74) is 0.952.